The molecule has 0 aliphatic carbocycles. The summed E-state index contributed by atoms with van der Waals surface area (Å²) in [5.74, 6) is 1.65. The van der Waals surface area contributed by atoms with E-state index in [0.717, 1.165) is 5.70 Å². The SMILES string of the molecule is C=C(NCNC)NC(C)=CC(N)=Nc1nc(C)nc(N)n1. The van der Waals surface area contributed by atoms with Gasteiger partial charge >= 0.3 is 0 Å². The zero-order valence-corrected chi connectivity index (χ0v) is 12.4. The molecule has 0 fully saturated rings. The number of aromatic nitrogens is 3. The van der Waals surface area contributed by atoms with Crippen LogP contribution in [0.2, 0.25) is 0 Å². The normalized spacial score (nSPS) is 12.1. The Labute approximate surface area is 123 Å². The number of allylic oxidation sites excluding steroid dienone is 1. The molecule has 0 aliphatic heterocycles. The van der Waals surface area contributed by atoms with Crippen molar-refractivity contribution >= 4 is 17.7 Å². The van der Waals surface area contributed by atoms with Gasteiger partial charge in [-0.25, -0.2) is 0 Å². The van der Waals surface area contributed by atoms with Crippen molar-refractivity contribution < 1.29 is 0 Å². The zero-order valence-electron chi connectivity index (χ0n) is 12.4. The average Bonchev–Trinajstić information content (AvgIpc) is 2.34. The van der Waals surface area contributed by atoms with E-state index in [1.165, 1.54) is 0 Å². The fraction of sp³-hybridized carbons (Fsp3) is 0.333. The lowest BCUT2D eigenvalue weighted by Gasteiger charge is -2.11. The predicted octanol–water partition coefficient (Wildman–Crippen LogP) is -0.518. The molecule has 1 heterocycles. The third-order valence-electron chi connectivity index (χ3n) is 2.17. The van der Waals surface area contributed by atoms with Gasteiger partial charge < -0.3 is 27.4 Å². The second-order valence-electron chi connectivity index (χ2n) is 4.22. The Kier molecular flexibility index (Phi) is 6.08. The molecule has 1 aromatic heterocycles. The minimum Gasteiger partial charge on any atom is -0.384 e. The van der Waals surface area contributed by atoms with Crippen LogP contribution in [-0.4, -0.2) is 34.5 Å². The molecule has 0 aromatic carbocycles. The van der Waals surface area contributed by atoms with Crippen LogP contribution in [0, 0.1) is 6.92 Å². The van der Waals surface area contributed by atoms with Crippen molar-refractivity contribution in [2.75, 3.05) is 19.5 Å². The summed E-state index contributed by atoms with van der Waals surface area (Å²) in [5.41, 5.74) is 12.1. The topological polar surface area (TPSA) is 139 Å². The first kappa shape index (κ1) is 16.4. The standard InChI is InChI=1S/C12H21N9/c1-7(17-8(2)16-6-15-4)5-10(13)20-12-19-9(3)18-11(14)21-12/h5,15-17H,2,6H2,1,3-4H3,(H4,13,14,18,19,20,21). The predicted molar refractivity (Wildman–Crippen MR) is 83.4 cm³/mol. The highest BCUT2D eigenvalue weighted by molar-refractivity contribution is 5.93. The van der Waals surface area contributed by atoms with Gasteiger partial charge in [0.15, 0.2) is 0 Å². The number of nitrogen functional groups attached to an aromatic ring is 1. The Hall–Kier alpha value is -2.68. The Morgan fingerprint density at radius 3 is 2.71 bits per heavy atom. The van der Waals surface area contributed by atoms with Crippen LogP contribution in [-0.2, 0) is 0 Å². The van der Waals surface area contributed by atoms with Gasteiger partial charge in [0.1, 0.15) is 11.7 Å². The summed E-state index contributed by atoms with van der Waals surface area (Å²) in [7, 11) is 1.83. The van der Waals surface area contributed by atoms with E-state index in [1.54, 1.807) is 13.0 Å². The quantitative estimate of drug-likeness (QED) is 0.257. The second-order valence-corrected chi connectivity index (χ2v) is 4.22. The van der Waals surface area contributed by atoms with E-state index >= 15 is 0 Å². The highest BCUT2D eigenvalue weighted by atomic mass is 15.2. The zero-order chi connectivity index (χ0) is 15.8. The molecule has 0 amide bonds. The maximum absolute atomic E-state index is 5.81. The number of rotatable bonds is 7. The molecule has 21 heavy (non-hydrogen) atoms. The number of anilines is 1. The number of nitrogens with two attached hydrogens (primary N) is 2. The van der Waals surface area contributed by atoms with Crippen LogP contribution in [0.25, 0.3) is 0 Å². The highest BCUT2D eigenvalue weighted by Crippen LogP contribution is 2.05. The van der Waals surface area contributed by atoms with Crippen LogP contribution in [0.5, 0.6) is 0 Å². The number of aliphatic imine (C=N–C) groups is 1. The number of nitrogens with zero attached hydrogens (tertiary/aromatic N) is 4. The molecule has 0 bridgehead atoms. The smallest absolute Gasteiger partial charge is 0.256 e. The number of aryl methyl sites for hydroxylation is 1. The largest absolute Gasteiger partial charge is 0.384 e. The first-order valence-electron chi connectivity index (χ1n) is 6.25. The molecule has 9 heteroatoms. The molecule has 0 aliphatic rings. The molecule has 1 aromatic rings. The lowest BCUT2D eigenvalue weighted by molar-refractivity contribution is 0.673. The third kappa shape index (κ3) is 6.34. The Balaban J connectivity index is 2.73. The lowest BCUT2D eigenvalue weighted by atomic mass is 10.4. The van der Waals surface area contributed by atoms with Crippen molar-refractivity contribution in [2.45, 2.75) is 13.8 Å². The molecule has 0 saturated heterocycles. The highest BCUT2D eigenvalue weighted by Gasteiger charge is 2.00. The molecule has 9 nitrogen and oxygen atoms in total. The van der Waals surface area contributed by atoms with Crippen LogP contribution in [0.3, 0.4) is 0 Å². The van der Waals surface area contributed by atoms with Gasteiger partial charge in [-0.2, -0.15) is 19.9 Å². The molecule has 0 unspecified atom stereocenters. The molecule has 114 valence electrons. The van der Waals surface area contributed by atoms with Gasteiger partial charge in [0.25, 0.3) is 5.95 Å². The fourth-order valence-electron chi connectivity index (χ4n) is 1.42. The first-order chi connectivity index (χ1) is 9.90. The summed E-state index contributed by atoms with van der Waals surface area (Å²) in [4.78, 5) is 15.8. The van der Waals surface area contributed by atoms with Crippen LogP contribution in [0.4, 0.5) is 11.9 Å². The maximum Gasteiger partial charge on any atom is 0.256 e. The van der Waals surface area contributed by atoms with E-state index < -0.39 is 0 Å². The summed E-state index contributed by atoms with van der Waals surface area (Å²) in [6.45, 7) is 7.95. The molecular weight excluding hydrogens is 270 g/mol. The van der Waals surface area contributed by atoms with Crippen LogP contribution >= 0.6 is 0 Å². The van der Waals surface area contributed by atoms with Crippen molar-refractivity contribution in [3.63, 3.8) is 0 Å². The van der Waals surface area contributed by atoms with Gasteiger partial charge in [0.05, 0.1) is 12.5 Å². The van der Waals surface area contributed by atoms with Crippen molar-refractivity contribution in [2.24, 2.45) is 10.7 Å². The summed E-state index contributed by atoms with van der Waals surface area (Å²) in [5, 5.41) is 8.99. The maximum atomic E-state index is 5.81. The van der Waals surface area contributed by atoms with Gasteiger partial charge in [0.2, 0.25) is 5.95 Å². The van der Waals surface area contributed by atoms with Crippen molar-refractivity contribution in [3.8, 4) is 0 Å². The lowest BCUT2D eigenvalue weighted by Crippen LogP contribution is -2.31. The molecule has 0 saturated carbocycles. The van der Waals surface area contributed by atoms with Crippen molar-refractivity contribution in [1.82, 2.24) is 30.9 Å². The minimum atomic E-state index is 0.109. The van der Waals surface area contributed by atoms with E-state index in [2.05, 4.69) is 42.5 Å². The Morgan fingerprint density at radius 2 is 2.10 bits per heavy atom. The fourth-order valence-corrected chi connectivity index (χ4v) is 1.42. The molecular formula is C12H21N9. The summed E-state index contributed by atoms with van der Waals surface area (Å²) < 4.78 is 0. The molecule has 1 rings (SSSR count). The number of nitrogens with one attached hydrogen (secondary N) is 3. The monoisotopic (exact) mass is 291 g/mol. The molecule has 0 spiro atoms. The third-order valence-corrected chi connectivity index (χ3v) is 2.17. The number of amidine groups is 1. The summed E-state index contributed by atoms with van der Waals surface area (Å²) >= 11 is 0. The van der Waals surface area contributed by atoms with Gasteiger partial charge in [0, 0.05) is 5.70 Å². The summed E-state index contributed by atoms with van der Waals surface area (Å²) in [6, 6.07) is 0. The average molecular weight is 291 g/mol. The summed E-state index contributed by atoms with van der Waals surface area (Å²) in [6.07, 6.45) is 1.64. The molecule has 0 radical (unpaired) electrons. The molecule has 7 N–H and O–H groups in total. The second kappa shape index (κ2) is 7.80. The van der Waals surface area contributed by atoms with Crippen LogP contribution in [0.15, 0.2) is 29.2 Å². The number of hydrogen-bond donors (Lipinski definition) is 5. The first-order valence-corrected chi connectivity index (χ1v) is 6.25. The van der Waals surface area contributed by atoms with Crippen LogP contribution in [0.1, 0.15) is 12.7 Å². The van der Waals surface area contributed by atoms with E-state index in [4.69, 9.17) is 11.5 Å². The van der Waals surface area contributed by atoms with Gasteiger partial charge in [-0.05, 0) is 27.0 Å². The Bertz CT molecular complexity index is 542. The Morgan fingerprint density at radius 1 is 1.38 bits per heavy atom. The van der Waals surface area contributed by atoms with Gasteiger partial charge in [-0.15, -0.1) is 0 Å². The van der Waals surface area contributed by atoms with Gasteiger partial charge in [-0.3, -0.25) is 0 Å². The van der Waals surface area contributed by atoms with Crippen molar-refractivity contribution in [3.05, 3.63) is 30.0 Å². The van der Waals surface area contributed by atoms with Crippen LogP contribution < -0.4 is 27.4 Å². The van der Waals surface area contributed by atoms with E-state index in [9.17, 15) is 0 Å². The van der Waals surface area contributed by atoms with Gasteiger partial charge in [-0.1, -0.05) is 6.58 Å². The van der Waals surface area contributed by atoms with E-state index in [1.807, 2.05) is 14.0 Å². The van der Waals surface area contributed by atoms with E-state index in [-0.39, 0.29) is 17.7 Å². The molecule has 0 atom stereocenters. The van der Waals surface area contributed by atoms with Crippen molar-refractivity contribution in [1.29, 1.82) is 0 Å². The van der Waals surface area contributed by atoms with E-state index in [0.29, 0.717) is 18.3 Å². The minimum absolute atomic E-state index is 0.109. The number of hydrogen-bond acceptors (Lipinski definition) is 8.